The molecule has 0 bridgehead atoms. The number of rotatable bonds is 5. The van der Waals surface area contributed by atoms with Crippen molar-refractivity contribution in [2.45, 2.75) is 32.4 Å². The Kier molecular flexibility index (Phi) is 3.56. The molecule has 0 radical (unpaired) electrons. The van der Waals surface area contributed by atoms with Crippen molar-refractivity contribution in [3.8, 4) is 5.75 Å². The van der Waals surface area contributed by atoms with Gasteiger partial charge in [-0.3, -0.25) is 0 Å². The number of ether oxygens (including phenoxy) is 1. The van der Waals surface area contributed by atoms with Gasteiger partial charge in [-0.15, -0.1) is 0 Å². The summed E-state index contributed by atoms with van der Waals surface area (Å²) in [4.78, 5) is 0. The molecule has 0 fully saturated rings. The predicted octanol–water partition coefficient (Wildman–Crippen LogP) is 3.46. The van der Waals surface area contributed by atoms with E-state index in [-0.39, 0.29) is 0 Å². The van der Waals surface area contributed by atoms with E-state index in [1.54, 1.807) is 6.26 Å². The molecule has 19 heavy (non-hydrogen) atoms. The van der Waals surface area contributed by atoms with E-state index in [0.717, 1.165) is 37.5 Å². The highest BCUT2D eigenvalue weighted by atomic mass is 16.5. The first-order chi connectivity index (χ1) is 9.36. The van der Waals surface area contributed by atoms with Crippen molar-refractivity contribution in [3.05, 3.63) is 53.5 Å². The van der Waals surface area contributed by atoms with E-state index in [9.17, 15) is 0 Å². The number of fused-ring (bicyclic) bond motifs is 1. The molecular weight excluding hydrogens is 238 g/mol. The van der Waals surface area contributed by atoms with Crippen LogP contribution in [0.4, 0.5) is 0 Å². The van der Waals surface area contributed by atoms with Crippen LogP contribution in [0.15, 0.2) is 41.0 Å². The van der Waals surface area contributed by atoms with Crippen LogP contribution in [-0.2, 0) is 13.0 Å². The molecule has 0 spiro atoms. The van der Waals surface area contributed by atoms with Gasteiger partial charge in [-0.25, -0.2) is 0 Å². The second-order valence-corrected chi connectivity index (χ2v) is 4.89. The van der Waals surface area contributed by atoms with Crippen molar-refractivity contribution >= 4 is 0 Å². The highest BCUT2D eigenvalue weighted by molar-refractivity contribution is 5.40. The molecule has 3 heteroatoms. The van der Waals surface area contributed by atoms with Crippen molar-refractivity contribution < 1.29 is 9.15 Å². The fraction of sp³-hybridized carbons (Fsp3) is 0.375. The molecule has 1 aliphatic rings. The summed E-state index contributed by atoms with van der Waals surface area (Å²) in [6, 6.07) is 10.8. The SMILES string of the molecule is CCC(NCc1ccco1)c1ccc2c(c1)CCO2. The lowest BCUT2D eigenvalue weighted by Crippen LogP contribution is -2.20. The summed E-state index contributed by atoms with van der Waals surface area (Å²) in [5.41, 5.74) is 2.66. The minimum Gasteiger partial charge on any atom is -0.493 e. The van der Waals surface area contributed by atoms with Crippen molar-refractivity contribution in [2.24, 2.45) is 0 Å². The highest BCUT2D eigenvalue weighted by Crippen LogP contribution is 2.29. The Morgan fingerprint density at radius 2 is 2.26 bits per heavy atom. The van der Waals surface area contributed by atoms with E-state index in [4.69, 9.17) is 9.15 Å². The van der Waals surface area contributed by atoms with Crippen LogP contribution in [0.2, 0.25) is 0 Å². The molecule has 0 saturated carbocycles. The third kappa shape index (κ3) is 2.66. The summed E-state index contributed by atoms with van der Waals surface area (Å²) in [5, 5.41) is 3.54. The second kappa shape index (κ2) is 5.49. The zero-order valence-corrected chi connectivity index (χ0v) is 11.2. The number of nitrogens with one attached hydrogen (secondary N) is 1. The molecule has 2 aromatic rings. The Morgan fingerprint density at radius 3 is 3.05 bits per heavy atom. The standard InChI is InChI=1S/C16H19NO2/c1-2-15(17-11-14-4-3-8-18-14)12-5-6-16-13(10-12)7-9-19-16/h3-6,8,10,15,17H,2,7,9,11H2,1H3. The predicted molar refractivity (Wildman–Crippen MR) is 74.2 cm³/mol. The number of benzene rings is 1. The molecule has 100 valence electrons. The molecule has 1 aliphatic heterocycles. The molecule has 1 unspecified atom stereocenters. The van der Waals surface area contributed by atoms with Crippen LogP contribution in [0.1, 0.15) is 36.3 Å². The van der Waals surface area contributed by atoms with E-state index in [0.29, 0.717) is 6.04 Å². The van der Waals surface area contributed by atoms with E-state index in [2.05, 4.69) is 30.4 Å². The van der Waals surface area contributed by atoms with Crippen LogP contribution < -0.4 is 10.1 Å². The number of hydrogen-bond donors (Lipinski definition) is 1. The lowest BCUT2D eigenvalue weighted by molar-refractivity contribution is 0.356. The van der Waals surface area contributed by atoms with Gasteiger partial charge in [0.2, 0.25) is 0 Å². The molecule has 1 N–H and O–H groups in total. The third-order valence-corrected chi connectivity index (χ3v) is 3.63. The average Bonchev–Trinajstić information content (AvgIpc) is 3.09. The summed E-state index contributed by atoms with van der Waals surface area (Å²) < 4.78 is 10.9. The average molecular weight is 257 g/mol. The Labute approximate surface area is 113 Å². The Bertz CT molecular complexity index is 534. The molecule has 2 heterocycles. The molecule has 1 aromatic carbocycles. The van der Waals surface area contributed by atoms with E-state index >= 15 is 0 Å². The second-order valence-electron chi connectivity index (χ2n) is 4.89. The Morgan fingerprint density at radius 1 is 1.32 bits per heavy atom. The van der Waals surface area contributed by atoms with Crippen molar-refractivity contribution in [3.63, 3.8) is 0 Å². The monoisotopic (exact) mass is 257 g/mol. The van der Waals surface area contributed by atoms with E-state index < -0.39 is 0 Å². The van der Waals surface area contributed by atoms with Crippen molar-refractivity contribution in [1.82, 2.24) is 5.32 Å². The Hall–Kier alpha value is -1.74. The van der Waals surface area contributed by atoms with Gasteiger partial charge in [0.1, 0.15) is 11.5 Å². The Balaban J connectivity index is 1.71. The smallest absolute Gasteiger partial charge is 0.122 e. The van der Waals surface area contributed by atoms with E-state index in [1.807, 2.05) is 12.1 Å². The van der Waals surface area contributed by atoms with Crippen LogP contribution in [0, 0.1) is 0 Å². The summed E-state index contributed by atoms with van der Waals surface area (Å²) >= 11 is 0. The van der Waals surface area contributed by atoms with Crippen molar-refractivity contribution in [2.75, 3.05) is 6.61 Å². The van der Waals surface area contributed by atoms with Gasteiger partial charge < -0.3 is 14.5 Å². The summed E-state index contributed by atoms with van der Waals surface area (Å²) in [6.45, 7) is 3.78. The minimum atomic E-state index is 0.357. The molecule has 0 amide bonds. The highest BCUT2D eigenvalue weighted by Gasteiger charge is 2.15. The van der Waals surface area contributed by atoms with Crippen molar-refractivity contribution in [1.29, 1.82) is 0 Å². The molecule has 3 nitrogen and oxygen atoms in total. The summed E-state index contributed by atoms with van der Waals surface area (Å²) in [7, 11) is 0. The fourth-order valence-corrected chi connectivity index (χ4v) is 2.56. The van der Waals surface area contributed by atoms with Gasteiger partial charge in [0, 0.05) is 12.5 Å². The molecule has 0 saturated heterocycles. The van der Waals surface area contributed by atoms with Gasteiger partial charge in [0.15, 0.2) is 0 Å². The largest absolute Gasteiger partial charge is 0.493 e. The lowest BCUT2D eigenvalue weighted by atomic mass is 10.0. The third-order valence-electron chi connectivity index (χ3n) is 3.63. The van der Waals surface area contributed by atoms with Crippen LogP contribution in [0.3, 0.4) is 0 Å². The van der Waals surface area contributed by atoms with Gasteiger partial charge in [0.25, 0.3) is 0 Å². The maximum Gasteiger partial charge on any atom is 0.122 e. The molecule has 3 rings (SSSR count). The number of furan rings is 1. The van der Waals surface area contributed by atoms with Crippen LogP contribution >= 0.6 is 0 Å². The fourth-order valence-electron chi connectivity index (χ4n) is 2.56. The topological polar surface area (TPSA) is 34.4 Å². The summed E-state index contributed by atoms with van der Waals surface area (Å²) in [5.74, 6) is 2.02. The molecule has 1 atom stereocenters. The van der Waals surface area contributed by atoms with Crippen LogP contribution in [-0.4, -0.2) is 6.61 Å². The van der Waals surface area contributed by atoms with Gasteiger partial charge in [-0.2, -0.15) is 0 Å². The van der Waals surface area contributed by atoms with Crippen LogP contribution in [0.5, 0.6) is 5.75 Å². The maximum atomic E-state index is 5.55. The maximum absolute atomic E-state index is 5.55. The first kappa shape index (κ1) is 12.3. The molecular formula is C16H19NO2. The molecule has 1 aromatic heterocycles. The van der Waals surface area contributed by atoms with Gasteiger partial charge in [0.05, 0.1) is 19.4 Å². The van der Waals surface area contributed by atoms with Gasteiger partial charge in [-0.1, -0.05) is 19.1 Å². The quantitative estimate of drug-likeness (QED) is 0.890. The first-order valence-corrected chi connectivity index (χ1v) is 6.88. The van der Waals surface area contributed by atoms with Crippen LogP contribution in [0.25, 0.3) is 0 Å². The zero-order valence-electron chi connectivity index (χ0n) is 11.2. The summed E-state index contributed by atoms with van der Waals surface area (Å²) in [6.07, 6.45) is 3.79. The lowest BCUT2D eigenvalue weighted by Gasteiger charge is -2.17. The van der Waals surface area contributed by atoms with Gasteiger partial charge >= 0.3 is 0 Å². The van der Waals surface area contributed by atoms with E-state index in [1.165, 1.54) is 11.1 Å². The molecule has 0 aliphatic carbocycles. The van der Waals surface area contributed by atoms with Gasteiger partial charge in [-0.05, 0) is 35.7 Å². The zero-order chi connectivity index (χ0) is 13.1. The first-order valence-electron chi connectivity index (χ1n) is 6.88. The minimum absolute atomic E-state index is 0.357. The normalized spacial score (nSPS) is 15.0. The number of hydrogen-bond acceptors (Lipinski definition) is 3.